The molecule has 1 aromatic heterocycles. The van der Waals surface area contributed by atoms with Gasteiger partial charge in [0.2, 0.25) is 0 Å². The molecule has 0 saturated carbocycles. The van der Waals surface area contributed by atoms with E-state index in [0.29, 0.717) is 0 Å². The first-order valence-corrected chi connectivity index (χ1v) is 7.27. The molecule has 0 radical (unpaired) electrons. The van der Waals surface area contributed by atoms with Crippen molar-refractivity contribution in [2.45, 2.75) is 45.7 Å². The van der Waals surface area contributed by atoms with Crippen LogP contribution in [0.15, 0.2) is 30.4 Å². The number of hydrogen-bond donors (Lipinski definition) is 0. The largest absolute Gasteiger partial charge is 0.491 e. The fourth-order valence-corrected chi connectivity index (χ4v) is 2.38. The molecule has 0 aliphatic heterocycles. The van der Waals surface area contributed by atoms with Crippen LogP contribution in [0.5, 0.6) is 5.75 Å². The van der Waals surface area contributed by atoms with Crippen molar-refractivity contribution in [2.75, 3.05) is 0 Å². The van der Waals surface area contributed by atoms with Crippen molar-refractivity contribution in [1.82, 2.24) is 9.55 Å². The van der Waals surface area contributed by atoms with Crippen LogP contribution < -0.4 is 4.74 Å². The molecule has 20 heavy (non-hydrogen) atoms. The summed E-state index contributed by atoms with van der Waals surface area (Å²) in [6, 6.07) is 5.97. The van der Waals surface area contributed by atoms with E-state index in [4.69, 9.17) is 16.3 Å². The van der Waals surface area contributed by atoms with Crippen LogP contribution in [0.3, 0.4) is 0 Å². The molecule has 0 aliphatic rings. The summed E-state index contributed by atoms with van der Waals surface area (Å²) < 4.78 is 7.83. The normalized spacial score (nSPS) is 12.9. The van der Waals surface area contributed by atoms with Gasteiger partial charge in [-0.3, -0.25) is 0 Å². The van der Waals surface area contributed by atoms with E-state index < -0.39 is 0 Å². The monoisotopic (exact) mass is 292 g/mol. The third kappa shape index (κ3) is 3.15. The minimum atomic E-state index is -0.142. The van der Waals surface area contributed by atoms with Crippen LogP contribution in [-0.4, -0.2) is 15.7 Å². The maximum atomic E-state index is 6.24. The number of fused-ring (bicyclic) bond motifs is 1. The molecule has 0 fully saturated rings. The van der Waals surface area contributed by atoms with Crippen molar-refractivity contribution in [3.8, 4) is 5.75 Å². The highest BCUT2D eigenvalue weighted by Crippen LogP contribution is 2.28. The topological polar surface area (TPSA) is 27.1 Å². The summed E-state index contributed by atoms with van der Waals surface area (Å²) in [4.78, 5) is 4.64. The highest BCUT2D eigenvalue weighted by molar-refractivity contribution is 6.20. The van der Waals surface area contributed by atoms with Crippen molar-refractivity contribution >= 4 is 22.6 Å². The summed E-state index contributed by atoms with van der Waals surface area (Å²) in [6.07, 6.45) is 0.149. The smallest absolute Gasteiger partial charge is 0.128 e. The van der Waals surface area contributed by atoms with Gasteiger partial charge in [0.15, 0.2) is 0 Å². The van der Waals surface area contributed by atoms with Gasteiger partial charge in [0, 0.05) is 12.6 Å². The second-order valence-corrected chi connectivity index (χ2v) is 6.10. The van der Waals surface area contributed by atoms with Crippen molar-refractivity contribution in [3.63, 3.8) is 0 Å². The molecule has 0 aliphatic carbocycles. The van der Waals surface area contributed by atoms with Gasteiger partial charge in [0.05, 0.1) is 22.5 Å². The summed E-state index contributed by atoms with van der Waals surface area (Å²) in [5.74, 6) is 1.70. The summed E-state index contributed by atoms with van der Waals surface area (Å²) in [5.41, 5.74) is 3.05. The van der Waals surface area contributed by atoms with Crippen LogP contribution in [0.25, 0.3) is 11.0 Å². The average molecular weight is 293 g/mol. The van der Waals surface area contributed by atoms with Crippen LogP contribution in [0.4, 0.5) is 0 Å². The van der Waals surface area contributed by atoms with Gasteiger partial charge in [-0.05, 0) is 39.8 Å². The maximum Gasteiger partial charge on any atom is 0.128 e. The van der Waals surface area contributed by atoms with E-state index in [1.54, 1.807) is 0 Å². The molecule has 0 N–H and O–H groups in total. The lowest BCUT2D eigenvalue weighted by molar-refractivity contribution is 0.242. The highest BCUT2D eigenvalue weighted by atomic mass is 35.5. The van der Waals surface area contributed by atoms with Gasteiger partial charge in [-0.1, -0.05) is 12.2 Å². The van der Waals surface area contributed by atoms with Gasteiger partial charge in [0.1, 0.15) is 11.6 Å². The number of halogens is 1. The number of ether oxygens (including phenoxy) is 1. The average Bonchev–Trinajstić information content (AvgIpc) is 2.66. The Balaban J connectivity index is 2.52. The molecule has 0 spiro atoms. The molecule has 0 amide bonds. The van der Waals surface area contributed by atoms with Crippen LogP contribution in [0, 0.1) is 0 Å². The number of aromatic nitrogens is 2. The molecule has 0 saturated heterocycles. The Morgan fingerprint density at radius 1 is 1.40 bits per heavy atom. The molecule has 3 nitrogen and oxygen atoms in total. The van der Waals surface area contributed by atoms with Gasteiger partial charge < -0.3 is 9.30 Å². The van der Waals surface area contributed by atoms with Crippen molar-refractivity contribution in [3.05, 3.63) is 36.2 Å². The molecule has 108 valence electrons. The van der Waals surface area contributed by atoms with Crippen molar-refractivity contribution in [1.29, 1.82) is 0 Å². The molecule has 4 heteroatoms. The molecular formula is C16H21ClN2O. The van der Waals surface area contributed by atoms with E-state index in [2.05, 4.69) is 16.1 Å². The lowest BCUT2D eigenvalue weighted by atomic mass is 10.2. The fraction of sp³-hybridized carbons (Fsp3) is 0.438. The van der Waals surface area contributed by atoms with Crippen molar-refractivity contribution < 1.29 is 4.74 Å². The number of nitrogens with zero attached hydrogens (tertiary/aromatic N) is 2. The number of benzene rings is 1. The van der Waals surface area contributed by atoms with Crippen LogP contribution >= 0.6 is 11.6 Å². The van der Waals surface area contributed by atoms with E-state index in [0.717, 1.165) is 34.7 Å². The molecule has 1 aromatic carbocycles. The zero-order valence-electron chi connectivity index (χ0n) is 12.5. The van der Waals surface area contributed by atoms with Crippen molar-refractivity contribution in [2.24, 2.45) is 0 Å². The van der Waals surface area contributed by atoms with Crippen LogP contribution in [0.2, 0.25) is 0 Å². The number of hydrogen-bond acceptors (Lipinski definition) is 2. The maximum absolute atomic E-state index is 6.24. The Kier molecular flexibility index (Phi) is 4.39. The number of rotatable bonds is 5. The molecule has 1 unspecified atom stereocenters. The van der Waals surface area contributed by atoms with Crippen LogP contribution in [0.1, 0.15) is 38.9 Å². The molecule has 1 atom stereocenters. The summed E-state index contributed by atoms with van der Waals surface area (Å²) >= 11 is 6.24. The standard InChI is InChI=1S/C16H21ClN2O/c1-10(2)9-19-15-7-6-13(20-11(3)4)8-14(15)18-16(19)12(5)17/h6-8,11-12H,1,9H2,2-5H3. The predicted molar refractivity (Wildman–Crippen MR) is 84.6 cm³/mol. The second kappa shape index (κ2) is 5.88. The Morgan fingerprint density at radius 3 is 2.65 bits per heavy atom. The summed E-state index contributed by atoms with van der Waals surface area (Å²) in [5, 5.41) is -0.142. The molecular weight excluding hydrogens is 272 g/mol. The SMILES string of the molecule is C=C(C)Cn1c(C(C)Cl)nc2cc(OC(C)C)ccc21. The summed E-state index contributed by atoms with van der Waals surface area (Å²) in [6.45, 7) is 12.7. The lowest BCUT2D eigenvalue weighted by Gasteiger charge is -2.11. The number of alkyl halides is 1. The first-order valence-electron chi connectivity index (χ1n) is 6.83. The number of imidazole rings is 1. The number of allylic oxidation sites excluding steroid dienone is 1. The molecule has 2 rings (SSSR count). The quantitative estimate of drug-likeness (QED) is 0.590. The Labute approximate surface area is 125 Å². The van der Waals surface area contributed by atoms with E-state index in [1.807, 2.05) is 45.9 Å². The van der Waals surface area contributed by atoms with E-state index in [1.165, 1.54) is 0 Å². The van der Waals surface area contributed by atoms with Gasteiger partial charge in [-0.2, -0.15) is 0 Å². The fourth-order valence-electron chi connectivity index (χ4n) is 2.21. The lowest BCUT2D eigenvalue weighted by Crippen LogP contribution is -2.06. The molecule has 1 heterocycles. The Hall–Kier alpha value is -1.48. The zero-order valence-corrected chi connectivity index (χ0v) is 13.2. The molecule has 0 bridgehead atoms. The van der Waals surface area contributed by atoms with Gasteiger partial charge >= 0.3 is 0 Å². The predicted octanol–water partition coefficient (Wildman–Crippen LogP) is 4.70. The first kappa shape index (κ1) is 14.9. The van der Waals surface area contributed by atoms with E-state index in [9.17, 15) is 0 Å². The zero-order chi connectivity index (χ0) is 14.9. The third-order valence-electron chi connectivity index (χ3n) is 2.90. The summed E-state index contributed by atoms with van der Waals surface area (Å²) in [7, 11) is 0. The molecule has 2 aromatic rings. The Morgan fingerprint density at radius 2 is 2.10 bits per heavy atom. The Bertz CT molecular complexity index is 629. The minimum absolute atomic E-state index is 0.142. The minimum Gasteiger partial charge on any atom is -0.491 e. The van der Waals surface area contributed by atoms with Gasteiger partial charge in [-0.15, -0.1) is 11.6 Å². The first-order chi connectivity index (χ1) is 9.38. The second-order valence-electron chi connectivity index (χ2n) is 5.45. The van der Waals surface area contributed by atoms with E-state index >= 15 is 0 Å². The van der Waals surface area contributed by atoms with Gasteiger partial charge in [-0.25, -0.2) is 4.98 Å². The van der Waals surface area contributed by atoms with Gasteiger partial charge in [0.25, 0.3) is 0 Å². The highest BCUT2D eigenvalue weighted by Gasteiger charge is 2.15. The third-order valence-corrected chi connectivity index (χ3v) is 3.10. The van der Waals surface area contributed by atoms with Crippen LogP contribution in [-0.2, 0) is 6.54 Å². The van der Waals surface area contributed by atoms with E-state index in [-0.39, 0.29) is 11.5 Å².